The first-order chi connectivity index (χ1) is 9.28. The summed E-state index contributed by atoms with van der Waals surface area (Å²) in [6.07, 6.45) is 6.73. The van der Waals surface area contributed by atoms with Crippen LogP contribution in [0.5, 0.6) is 5.75 Å². The lowest BCUT2D eigenvalue weighted by Crippen LogP contribution is -2.33. The van der Waals surface area contributed by atoms with Crippen molar-refractivity contribution in [1.82, 2.24) is 0 Å². The minimum absolute atomic E-state index is 0.418. The SMILES string of the molecule is COc1cccc([C@@H]2CC(=O)CC3CCCC[C@H]32)c1. The number of hydrogen-bond acceptors (Lipinski definition) is 2. The van der Waals surface area contributed by atoms with E-state index in [1.807, 2.05) is 12.1 Å². The molecular weight excluding hydrogens is 236 g/mol. The highest BCUT2D eigenvalue weighted by molar-refractivity contribution is 5.80. The molecular formula is C17H22O2. The lowest BCUT2D eigenvalue weighted by molar-refractivity contribution is -0.124. The number of carbonyl (C=O) groups excluding carboxylic acids is 1. The van der Waals surface area contributed by atoms with E-state index in [9.17, 15) is 4.79 Å². The first-order valence-corrected chi connectivity index (χ1v) is 7.43. The van der Waals surface area contributed by atoms with Crippen LogP contribution in [0.25, 0.3) is 0 Å². The number of fused-ring (bicyclic) bond motifs is 1. The molecule has 2 fully saturated rings. The second-order valence-corrected chi connectivity index (χ2v) is 6.04. The van der Waals surface area contributed by atoms with Crippen molar-refractivity contribution in [3.63, 3.8) is 0 Å². The van der Waals surface area contributed by atoms with E-state index in [4.69, 9.17) is 4.74 Å². The third-order valence-electron chi connectivity index (χ3n) is 4.94. The van der Waals surface area contributed by atoms with Crippen molar-refractivity contribution in [1.29, 1.82) is 0 Å². The lowest BCUT2D eigenvalue weighted by atomic mass is 9.63. The van der Waals surface area contributed by atoms with Gasteiger partial charge in [0, 0.05) is 12.8 Å². The number of rotatable bonds is 2. The topological polar surface area (TPSA) is 26.3 Å². The van der Waals surface area contributed by atoms with Gasteiger partial charge in [-0.3, -0.25) is 4.79 Å². The number of hydrogen-bond donors (Lipinski definition) is 0. The standard InChI is InChI=1S/C17H22O2/c1-19-15-7-4-6-13(10-15)17-11-14(18)9-12-5-2-3-8-16(12)17/h4,6-7,10,12,16-17H,2-3,5,8-9,11H2,1H3/t12?,16-,17+/m1/s1. The molecule has 2 aliphatic rings. The van der Waals surface area contributed by atoms with Gasteiger partial charge in [-0.05, 0) is 48.3 Å². The number of Topliss-reactive ketones (excluding diaryl/α,β-unsaturated/α-hetero) is 1. The molecule has 0 radical (unpaired) electrons. The third-order valence-corrected chi connectivity index (χ3v) is 4.94. The highest BCUT2D eigenvalue weighted by Crippen LogP contribution is 2.47. The predicted molar refractivity (Wildman–Crippen MR) is 75.4 cm³/mol. The van der Waals surface area contributed by atoms with Crippen molar-refractivity contribution >= 4 is 5.78 Å². The molecule has 0 aliphatic heterocycles. The Morgan fingerprint density at radius 2 is 2.00 bits per heavy atom. The summed E-state index contributed by atoms with van der Waals surface area (Å²) in [5, 5.41) is 0. The van der Waals surface area contributed by atoms with Crippen LogP contribution in [0, 0.1) is 11.8 Å². The van der Waals surface area contributed by atoms with E-state index in [1.54, 1.807) is 7.11 Å². The van der Waals surface area contributed by atoms with Gasteiger partial charge in [-0.2, -0.15) is 0 Å². The first kappa shape index (κ1) is 12.7. The van der Waals surface area contributed by atoms with Crippen molar-refractivity contribution in [3.05, 3.63) is 29.8 Å². The second kappa shape index (κ2) is 5.36. The highest BCUT2D eigenvalue weighted by atomic mass is 16.5. The van der Waals surface area contributed by atoms with Gasteiger partial charge in [0.15, 0.2) is 0 Å². The first-order valence-electron chi connectivity index (χ1n) is 7.43. The molecule has 19 heavy (non-hydrogen) atoms. The van der Waals surface area contributed by atoms with Gasteiger partial charge in [0.05, 0.1) is 7.11 Å². The Morgan fingerprint density at radius 1 is 1.16 bits per heavy atom. The molecule has 0 aromatic heterocycles. The molecule has 3 atom stereocenters. The maximum atomic E-state index is 12.0. The molecule has 2 heteroatoms. The molecule has 1 unspecified atom stereocenters. The summed E-state index contributed by atoms with van der Waals surface area (Å²) in [6.45, 7) is 0. The number of carbonyl (C=O) groups is 1. The van der Waals surface area contributed by atoms with E-state index in [2.05, 4.69) is 12.1 Å². The Bertz CT molecular complexity index is 466. The number of ether oxygens (including phenoxy) is 1. The van der Waals surface area contributed by atoms with Gasteiger partial charge < -0.3 is 4.74 Å². The maximum Gasteiger partial charge on any atom is 0.133 e. The largest absolute Gasteiger partial charge is 0.497 e. The highest BCUT2D eigenvalue weighted by Gasteiger charge is 2.38. The van der Waals surface area contributed by atoms with Gasteiger partial charge in [-0.1, -0.05) is 25.0 Å². The van der Waals surface area contributed by atoms with Crippen molar-refractivity contribution in [2.75, 3.05) is 7.11 Å². The van der Waals surface area contributed by atoms with E-state index in [1.165, 1.54) is 31.2 Å². The zero-order valence-electron chi connectivity index (χ0n) is 11.6. The quantitative estimate of drug-likeness (QED) is 0.803. The molecule has 2 nitrogen and oxygen atoms in total. The maximum absolute atomic E-state index is 12.0. The molecule has 2 aliphatic carbocycles. The summed E-state index contributed by atoms with van der Waals surface area (Å²) in [7, 11) is 1.70. The van der Waals surface area contributed by atoms with Crippen molar-refractivity contribution in [3.8, 4) is 5.75 Å². The van der Waals surface area contributed by atoms with E-state index in [-0.39, 0.29) is 0 Å². The molecule has 0 saturated heterocycles. The Morgan fingerprint density at radius 3 is 2.84 bits per heavy atom. The third kappa shape index (κ3) is 2.54. The molecule has 0 heterocycles. The fourth-order valence-corrected chi connectivity index (χ4v) is 4.03. The Balaban J connectivity index is 1.89. The number of ketones is 1. The molecule has 2 saturated carbocycles. The molecule has 0 amide bonds. The van der Waals surface area contributed by atoms with Crippen molar-refractivity contribution in [2.45, 2.75) is 44.4 Å². The van der Waals surface area contributed by atoms with Gasteiger partial charge in [-0.25, -0.2) is 0 Å². The fourth-order valence-electron chi connectivity index (χ4n) is 4.03. The Labute approximate surface area is 115 Å². The van der Waals surface area contributed by atoms with E-state index in [0.717, 1.165) is 18.6 Å². The van der Waals surface area contributed by atoms with Crippen LogP contribution in [0.4, 0.5) is 0 Å². The average molecular weight is 258 g/mol. The summed E-state index contributed by atoms with van der Waals surface area (Å²) in [5.41, 5.74) is 1.30. The molecule has 0 N–H and O–H groups in total. The Kier molecular flexibility index (Phi) is 3.58. The van der Waals surface area contributed by atoms with Crippen LogP contribution in [0.15, 0.2) is 24.3 Å². The van der Waals surface area contributed by atoms with Gasteiger partial charge in [0.25, 0.3) is 0 Å². The fraction of sp³-hybridized carbons (Fsp3) is 0.588. The molecule has 102 valence electrons. The molecule has 3 rings (SSSR count). The van der Waals surface area contributed by atoms with Gasteiger partial charge >= 0.3 is 0 Å². The summed E-state index contributed by atoms with van der Waals surface area (Å²) in [5.74, 6) is 3.12. The normalized spacial score (nSPS) is 30.8. The van der Waals surface area contributed by atoms with Crippen LogP contribution in [0.2, 0.25) is 0 Å². The lowest BCUT2D eigenvalue weighted by Gasteiger charge is -2.41. The molecule has 0 spiro atoms. The van der Waals surface area contributed by atoms with Crippen LogP contribution in [0.3, 0.4) is 0 Å². The monoisotopic (exact) mass is 258 g/mol. The zero-order valence-corrected chi connectivity index (χ0v) is 11.6. The van der Waals surface area contributed by atoms with E-state index in [0.29, 0.717) is 23.5 Å². The predicted octanol–water partition coefficient (Wildman–Crippen LogP) is 3.95. The number of methoxy groups -OCH3 is 1. The summed E-state index contributed by atoms with van der Waals surface area (Å²) in [6, 6.07) is 8.31. The molecule has 0 bridgehead atoms. The summed E-state index contributed by atoms with van der Waals surface area (Å²) < 4.78 is 5.32. The van der Waals surface area contributed by atoms with E-state index < -0.39 is 0 Å². The molecule has 1 aromatic carbocycles. The minimum Gasteiger partial charge on any atom is -0.497 e. The zero-order chi connectivity index (χ0) is 13.2. The van der Waals surface area contributed by atoms with Crippen LogP contribution in [0.1, 0.15) is 50.0 Å². The average Bonchev–Trinajstić information content (AvgIpc) is 2.46. The van der Waals surface area contributed by atoms with Gasteiger partial charge in [-0.15, -0.1) is 0 Å². The second-order valence-electron chi connectivity index (χ2n) is 6.04. The van der Waals surface area contributed by atoms with Crippen LogP contribution in [-0.2, 0) is 4.79 Å². The van der Waals surface area contributed by atoms with Crippen molar-refractivity contribution in [2.24, 2.45) is 11.8 Å². The van der Waals surface area contributed by atoms with E-state index >= 15 is 0 Å². The smallest absolute Gasteiger partial charge is 0.133 e. The van der Waals surface area contributed by atoms with Gasteiger partial charge in [0.2, 0.25) is 0 Å². The summed E-state index contributed by atoms with van der Waals surface area (Å²) >= 11 is 0. The van der Waals surface area contributed by atoms with Gasteiger partial charge in [0.1, 0.15) is 11.5 Å². The number of benzene rings is 1. The minimum atomic E-state index is 0.418. The summed E-state index contributed by atoms with van der Waals surface area (Å²) in [4.78, 5) is 12.0. The Hall–Kier alpha value is -1.31. The van der Waals surface area contributed by atoms with Crippen LogP contribution in [-0.4, -0.2) is 12.9 Å². The van der Waals surface area contributed by atoms with Crippen molar-refractivity contribution < 1.29 is 9.53 Å². The van der Waals surface area contributed by atoms with Crippen LogP contribution < -0.4 is 4.74 Å². The van der Waals surface area contributed by atoms with Crippen LogP contribution >= 0.6 is 0 Å². The molecule has 1 aromatic rings.